The van der Waals surface area contributed by atoms with Crippen LogP contribution in [0.3, 0.4) is 0 Å². The molecule has 2 fully saturated rings. The zero-order valence-electron chi connectivity index (χ0n) is 7.95. The van der Waals surface area contributed by atoms with E-state index < -0.39 is 10.0 Å². The number of nitrogens with one attached hydrogen (secondary N) is 2. The predicted molar refractivity (Wildman–Crippen MR) is 50.8 cm³/mol. The van der Waals surface area contributed by atoms with Crippen molar-refractivity contribution >= 4 is 10.0 Å². The van der Waals surface area contributed by atoms with E-state index in [0.717, 1.165) is 13.1 Å². The van der Waals surface area contributed by atoms with Crippen molar-refractivity contribution in [1.82, 2.24) is 10.0 Å². The monoisotopic (exact) mass is 204 g/mol. The van der Waals surface area contributed by atoms with Gasteiger partial charge in [0.25, 0.3) is 0 Å². The Morgan fingerprint density at radius 1 is 1.31 bits per heavy atom. The van der Waals surface area contributed by atoms with Crippen molar-refractivity contribution in [3.05, 3.63) is 0 Å². The molecule has 2 unspecified atom stereocenters. The van der Waals surface area contributed by atoms with E-state index in [4.69, 9.17) is 0 Å². The quantitative estimate of drug-likeness (QED) is 0.653. The third-order valence-electron chi connectivity index (χ3n) is 3.01. The normalized spacial score (nSPS) is 37.9. The zero-order chi connectivity index (χ0) is 9.64. The van der Waals surface area contributed by atoms with Crippen LogP contribution in [0.5, 0.6) is 0 Å². The lowest BCUT2D eigenvalue weighted by molar-refractivity contribution is 0.557. The molecule has 2 aliphatic rings. The minimum atomic E-state index is -3.05. The molecule has 13 heavy (non-hydrogen) atoms. The number of hydrogen-bond donors (Lipinski definition) is 2. The molecule has 0 aromatic carbocycles. The lowest BCUT2D eigenvalue weighted by Gasteiger charge is -2.10. The van der Waals surface area contributed by atoms with Crippen molar-refractivity contribution in [3.8, 4) is 0 Å². The molecule has 0 aromatic rings. The van der Waals surface area contributed by atoms with Crippen molar-refractivity contribution in [2.75, 3.05) is 13.1 Å². The van der Waals surface area contributed by atoms with Gasteiger partial charge in [0.15, 0.2) is 0 Å². The third kappa shape index (κ3) is 1.60. The maximum absolute atomic E-state index is 11.5. The van der Waals surface area contributed by atoms with Crippen LogP contribution in [0.15, 0.2) is 0 Å². The number of fused-ring (bicyclic) bond motifs is 1. The maximum atomic E-state index is 11.5. The van der Waals surface area contributed by atoms with E-state index in [1.807, 2.05) is 0 Å². The first-order valence-electron chi connectivity index (χ1n) is 4.74. The molecule has 0 spiro atoms. The molecule has 4 nitrogen and oxygen atoms in total. The summed E-state index contributed by atoms with van der Waals surface area (Å²) in [6.45, 7) is 5.35. The summed E-state index contributed by atoms with van der Waals surface area (Å²) >= 11 is 0. The molecule has 1 heterocycles. The largest absolute Gasteiger partial charge is 0.316 e. The molecule has 1 saturated carbocycles. The Labute approximate surface area is 79.1 Å². The zero-order valence-corrected chi connectivity index (χ0v) is 8.76. The molecule has 1 aliphatic heterocycles. The van der Waals surface area contributed by atoms with Gasteiger partial charge in [0.05, 0.1) is 5.25 Å². The van der Waals surface area contributed by atoms with Gasteiger partial charge in [-0.2, -0.15) is 0 Å². The van der Waals surface area contributed by atoms with Crippen LogP contribution >= 0.6 is 0 Å². The van der Waals surface area contributed by atoms with Crippen molar-refractivity contribution in [2.45, 2.75) is 25.1 Å². The van der Waals surface area contributed by atoms with Gasteiger partial charge >= 0.3 is 0 Å². The second kappa shape index (κ2) is 2.93. The second-order valence-corrected chi connectivity index (χ2v) is 6.49. The molecular formula is C8H16N2O2S. The standard InChI is InChI=1S/C8H16N2O2S/c1-5(2)13(11,12)10-8-6-3-9-4-7(6)8/h5-10H,3-4H2,1-2H3. The van der Waals surface area contributed by atoms with Crippen LogP contribution in [0.4, 0.5) is 0 Å². The van der Waals surface area contributed by atoms with E-state index >= 15 is 0 Å². The highest BCUT2D eigenvalue weighted by Gasteiger charge is 2.54. The van der Waals surface area contributed by atoms with E-state index in [-0.39, 0.29) is 11.3 Å². The second-order valence-electron chi connectivity index (χ2n) is 4.22. The first-order valence-corrected chi connectivity index (χ1v) is 6.29. The van der Waals surface area contributed by atoms with Gasteiger partial charge in [-0.1, -0.05) is 0 Å². The summed E-state index contributed by atoms with van der Waals surface area (Å²) in [5.74, 6) is 1.10. The Balaban J connectivity index is 1.94. The van der Waals surface area contributed by atoms with Crippen molar-refractivity contribution < 1.29 is 8.42 Å². The molecular weight excluding hydrogens is 188 g/mol. The molecule has 5 heteroatoms. The molecule has 2 atom stereocenters. The lowest BCUT2D eigenvalue weighted by Crippen LogP contribution is -2.36. The van der Waals surface area contributed by atoms with Gasteiger partial charge in [0.1, 0.15) is 0 Å². The SMILES string of the molecule is CC(C)S(=O)(=O)NC1C2CNCC21. The van der Waals surface area contributed by atoms with Crippen molar-refractivity contribution in [3.63, 3.8) is 0 Å². The summed E-state index contributed by atoms with van der Waals surface area (Å²) in [6, 6.07) is 0.216. The number of hydrogen-bond acceptors (Lipinski definition) is 3. The summed E-state index contributed by atoms with van der Waals surface area (Å²) in [6.07, 6.45) is 0. The van der Waals surface area contributed by atoms with Crippen LogP contribution in [0.1, 0.15) is 13.8 Å². The molecule has 76 valence electrons. The molecule has 0 aromatic heterocycles. The van der Waals surface area contributed by atoms with Crippen molar-refractivity contribution in [1.29, 1.82) is 0 Å². The molecule has 1 aliphatic carbocycles. The van der Waals surface area contributed by atoms with E-state index in [9.17, 15) is 8.42 Å². The fraction of sp³-hybridized carbons (Fsp3) is 1.00. The van der Waals surface area contributed by atoms with Gasteiger partial charge in [-0.05, 0) is 38.8 Å². The summed E-state index contributed by atoms with van der Waals surface area (Å²) in [5, 5.41) is 2.91. The highest BCUT2D eigenvalue weighted by molar-refractivity contribution is 7.90. The Bertz CT molecular complexity index is 289. The molecule has 2 rings (SSSR count). The summed E-state index contributed by atoms with van der Waals surface area (Å²) in [5.41, 5.74) is 0. The predicted octanol–water partition coefficient (Wildman–Crippen LogP) is -0.468. The summed E-state index contributed by atoms with van der Waals surface area (Å²) in [4.78, 5) is 0. The third-order valence-corrected chi connectivity index (χ3v) is 4.85. The molecule has 0 bridgehead atoms. The number of rotatable bonds is 3. The van der Waals surface area contributed by atoms with Crippen LogP contribution in [0.2, 0.25) is 0 Å². The van der Waals surface area contributed by atoms with Crippen molar-refractivity contribution in [2.24, 2.45) is 11.8 Å². The average molecular weight is 204 g/mol. The number of piperidine rings is 1. The van der Waals surface area contributed by atoms with Crippen LogP contribution in [-0.2, 0) is 10.0 Å². The highest BCUT2D eigenvalue weighted by Crippen LogP contribution is 2.42. The van der Waals surface area contributed by atoms with Crippen LogP contribution < -0.4 is 10.0 Å². The molecule has 0 amide bonds. The molecule has 0 radical (unpaired) electrons. The topological polar surface area (TPSA) is 58.2 Å². The van der Waals surface area contributed by atoms with Gasteiger partial charge in [-0.15, -0.1) is 0 Å². The Morgan fingerprint density at radius 3 is 2.31 bits per heavy atom. The van der Waals surface area contributed by atoms with Gasteiger partial charge in [-0.3, -0.25) is 0 Å². The fourth-order valence-corrected chi connectivity index (χ4v) is 2.92. The van der Waals surface area contributed by atoms with E-state index in [1.165, 1.54) is 0 Å². The van der Waals surface area contributed by atoms with Crippen LogP contribution in [-0.4, -0.2) is 32.8 Å². The maximum Gasteiger partial charge on any atom is 0.214 e. The van der Waals surface area contributed by atoms with E-state index in [2.05, 4.69) is 10.0 Å². The van der Waals surface area contributed by atoms with E-state index in [1.54, 1.807) is 13.8 Å². The fourth-order valence-electron chi connectivity index (χ4n) is 1.92. The highest BCUT2D eigenvalue weighted by atomic mass is 32.2. The summed E-state index contributed by atoms with van der Waals surface area (Å²) in [7, 11) is -3.05. The van der Waals surface area contributed by atoms with Crippen LogP contribution in [0, 0.1) is 11.8 Å². The lowest BCUT2D eigenvalue weighted by atomic mass is 10.4. The Hall–Kier alpha value is -0.130. The van der Waals surface area contributed by atoms with Gasteiger partial charge < -0.3 is 5.32 Å². The Morgan fingerprint density at radius 2 is 1.85 bits per heavy atom. The van der Waals surface area contributed by atoms with E-state index in [0.29, 0.717) is 11.8 Å². The average Bonchev–Trinajstić information content (AvgIpc) is 2.49. The molecule has 2 N–H and O–H groups in total. The van der Waals surface area contributed by atoms with Gasteiger partial charge in [-0.25, -0.2) is 13.1 Å². The first kappa shape index (κ1) is 9.43. The minimum Gasteiger partial charge on any atom is -0.316 e. The Kier molecular flexibility index (Phi) is 2.13. The van der Waals surface area contributed by atoms with Gasteiger partial charge in [0, 0.05) is 6.04 Å². The minimum absolute atomic E-state index is 0.216. The van der Waals surface area contributed by atoms with Gasteiger partial charge in [0.2, 0.25) is 10.0 Å². The smallest absolute Gasteiger partial charge is 0.214 e. The molecule has 1 saturated heterocycles. The summed E-state index contributed by atoms with van der Waals surface area (Å²) < 4.78 is 25.7. The number of sulfonamides is 1. The van der Waals surface area contributed by atoms with Crippen LogP contribution in [0.25, 0.3) is 0 Å². The first-order chi connectivity index (χ1) is 6.02.